The molecule has 0 spiro atoms. The van der Waals surface area contributed by atoms with E-state index in [1.165, 1.54) is 0 Å². The van der Waals surface area contributed by atoms with Crippen LogP contribution in [-0.2, 0) is 10.5 Å². The zero-order valence-electron chi connectivity index (χ0n) is 12.3. The molecule has 0 aliphatic carbocycles. The number of thioether (sulfide) groups is 1. The summed E-state index contributed by atoms with van der Waals surface area (Å²) in [5.41, 5.74) is 6.80. The van der Waals surface area contributed by atoms with Gasteiger partial charge in [0.15, 0.2) is 0 Å². The SMILES string of the molecule is CCCCC(CN)NC(=O)CSCc1cccc(Cl)c1.Cl. The van der Waals surface area contributed by atoms with Crippen molar-refractivity contribution in [3.63, 3.8) is 0 Å². The van der Waals surface area contributed by atoms with Crippen molar-refractivity contribution in [2.75, 3.05) is 12.3 Å². The molecule has 1 rings (SSSR count). The molecule has 0 saturated carbocycles. The first kappa shape index (κ1) is 20.6. The van der Waals surface area contributed by atoms with Crippen molar-refractivity contribution in [2.45, 2.75) is 38.0 Å². The number of rotatable bonds is 9. The number of unbranched alkanes of at least 4 members (excludes halogenated alkanes) is 1. The summed E-state index contributed by atoms with van der Waals surface area (Å²) >= 11 is 7.51. The average Bonchev–Trinajstić information content (AvgIpc) is 2.43. The summed E-state index contributed by atoms with van der Waals surface area (Å²) in [6, 6.07) is 7.82. The Morgan fingerprint density at radius 2 is 2.24 bits per heavy atom. The van der Waals surface area contributed by atoms with Crippen LogP contribution in [0.5, 0.6) is 0 Å². The summed E-state index contributed by atoms with van der Waals surface area (Å²) < 4.78 is 0. The number of carbonyl (C=O) groups excluding carboxylic acids is 1. The van der Waals surface area contributed by atoms with Crippen molar-refractivity contribution in [3.05, 3.63) is 34.9 Å². The van der Waals surface area contributed by atoms with Crippen LogP contribution in [0.25, 0.3) is 0 Å². The molecular weight excluding hydrogens is 327 g/mol. The van der Waals surface area contributed by atoms with Crippen LogP contribution >= 0.6 is 35.8 Å². The highest BCUT2D eigenvalue weighted by atomic mass is 35.5. The number of nitrogens with one attached hydrogen (secondary N) is 1. The van der Waals surface area contributed by atoms with E-state index >= 15 is 0 Å². The Labute approximate surface area is 142 Å². The molecule has 0 aliphatic heterocycles. The Bertz CT molecular complexity index is 418. The van der Waals surface area contributed by atoms with E-state index in [4.69, 9.17) is 17.3 Å². The summed E-state index contributed by atoms with van der Waals surface area (Å²) in [7, 11) is 0. The van der Waals surface area contributed by atoms with Gasteiger partial charge in [-0.15, -0.1) is 24.2 Å². The third kappa shape index (κ3) is 9.25. The zero-order valence-corrected chi connectivity index (χ0v) is 14.7. The van der Waals surface area contributed by atoms with Crippen LogP contribution in [0.2, 0.25) is 5.02 Å². The maximum absolute atomic E-state index is 11.8. The van der Waals surface area contributed by atoms with Gasteiger partial charge in [0.1, 0.15) is 0 Å². The van der Waals surface area contributed by atoms with Crippen LogP contribution in [0.4, 0.5) is 0 Å². The lowest BCUT2D eigenvalue weighted by Gasteiger charge is -2.16. The van der Waals surface area contributed by atoms with Gasteiger partial charge in [-0.25, -0.2) is 0 Å². The van der Waals surface area contributed by atoms with Gasteiger partial charge >= 0.3 is 0 Å². The van der Waals surface area contributed by atoms with E-state index in [2.05, 4.69) is 12.2 Å². The molecule has 120 valence electrons. The van der Waals surface area contributed by atoms with Crippen molar-refractivity contribution in [1.82, 2.24) is 5.32 Å². The van der Waals surface area contributed by atoms with Gasteiger partial charge in [0.2, 0.25) is 5.91 Å². The summed E-state index contributed by atoms with van der Waals surface area (Å²) in [6.07, 6.45) is 3.17. The van der Waals surface area contributed by atoms with Crippen LogP contribution in [0, 0.1) is 0 Å². The van der Waals surface area contributed by atoms with Gasteiger partial charge in [-0.1, -0.05) is 43.5 Å². The maximum Gasteiger partial charge on any atom is 0.230 e. The minimum absolute atomic E-state index is 0. The van der Waals surface area contributed by atoms with Crippen LogP contribution in [-0.4, -0.2) is 24.2 Å². The standard InChI is InChI=1S/C15H23ClN2OS.ClH/c1-2-3-7-14(9-17)18-15(19)11-20-10-12-5-4-6-13(16)8-12;/h4-6,8,14H,2-3,7,9-11,17H2,1H3,(H,18,19);1H. The molecule has 6 heteroatoms. The highest BCUT2D eigenvalue weighted by molar-refractivity contribution is 7.99. The molecule has 1 aromatic carbocycles. The van der Waals surface area contributed by atoms with Crippen molar-refractivity contribution in [3.8, 4) is 0 Å². The highest BCUT2D eigenvalue weighted by Crippen LogP contribution is 2.16. The van der Waals surface area contributed by atoms with E-state index < -0.39 is 0 Å². The molecule has 0 aromatic heterocycles. The molecule has 1 atom stereocenters. The quantitative estimate of drug-likeness (QED) is 0.714. The lowest BCUT2D eigenvalue weighted by atomic mass is 10.1. The summed E-state index contributed by atoms with van der Waals surface area (Å²) in [5.74, 6) is 1.30. The molecule has 1 aromatic rings. The Hall–Kier alpha value is -0.420. The molecule has 0 radical (unpaired) electrons. The number of hydrogen-bond donors (Lipinski definition) is 2. The second-order valence-corrected chi connectivity index (χ2v) is 6.19. The first-order chi connectivity index (χ1) is 9.65. The van der Waals surface area contributed by atoms with Crippen LogP contribution < -0.4 is 11.1 Å². The lowest BCUT2D eigenvalue weighted by Crippen LogP contribution is -2.41. The molecule has 0 saturated heterocycles. The fourth-order valence-electron chi connectivity index (χ4n) is 1.86. The summed E-state index contributed by atoms with van der Waals surface area (Å²) in [4.78, 5) is 11.8. The zero-order chi connectivity index (χ0) is 14.8. The topological polar surface area (TPSA) is 55.1 Å². The fourth-order valence-corrected chi connectivity index (χ4v) is 2.86. The number of halogens is 2. The lowest BCUT2D eigenvalue weighted by molar-refractivity contribution is -0.119. The van der Waals surface area contributed by atoms with Crippen molar-refractivity contribution in [1.29, 1.82) is 0 Å². The molecular formula is C15H24Cl2N2OS. The Morgan fingerprint density at radius 1 is 1.48 bits per heavy atom. The monoisotopic (exact) mass is 350 g/mol. The average molecular weight is 351 g/mol. The maximum atomic E-state index is 11.8. The third-order valence-corrected chi connectivity index (χ3v) is 4.19. The van der Waals surface area contributed by atoms with Crippen LogP contribution in [0.1, 0.15) is 31.7 Å². The van der Waals surface area contributed by atoms with Gasteiger partial charge < -0.3 is 11.1 Å². The normalized spacial score (nSPS) is 11.6. The molecule has 0 heterocycles. The first-order valence-corrected chi connectivity index (χ1v) is 8.50. The van der Waals surface area contributed by atoms with E-state index in [9.17, 15) is 4.79 Å². The van der Waals surface area contributed by atoms with Crippen molar-refractivity contribution >= 4 is 41.7 Å². The van der Waals surface area contributed by atoms with Gasteiger partial charge in [0, 0.05) is 23.4 Å². The third-order valence-electron chi connectivity index (χ3n) is 2.95. The van der Waals surface area contributed by atoms with Gasteiger partial charge in [-0.05, 0) is 24.1 Å². The smallest absolute Gasteiger partial charge is 0.230 e. The molecule has 0 aliphatic rings. The molecule has 0 fully saturated rings. The van der Waals surface area contributed by atoms with Gasteiger partial charge in [-0.2, -0.15) is 0 Å². The second-order valence-electron chi connectivity index (χ2n) is 4.77. The minimum atomic E-state index is 0. The van der Waals surface area contributed by atoms with Crippen LogP contribution in [0.3, 0.4) is 0 Å². The number of nitrogens with two attached hydrogens (primary N) is 1. The molecule has 1 unspecified atom stereocenters. The van der Waals surface area contributed by atoms with E-state index in [1.54, 1.807) is 11.8 Å². The number of amides is 1. The Morgan fingerprint density at radius 3 is 2.86 bits per heavy atom. The number of benzene rings is 1. The van der Waals surface area contributed by atoms with Gasteiger partial charge in [0.05, 0.1) is 5.75 Å². The van der Waals surface area contributed by atoms with E-state index in [0.29, 0.717) is 12.3 Å². The second kappa shape index (κ2) is 12.2. The predicted molar refractivity (Wildman–Crippen MR) is 95.4 cm³/mol. The number of hydrogen-bond acceptors (Lipinski definition) is 3. The van der Waals surface area contributed by atoms with Crippen molar-refractivity contribution < 1.29 is 4.79 Å². The fraction of sp³-hybridized carbons (Fsp3) is 0.533. The molecule has 3 nitrogen and oxygen atoms in total. The van der Waals surface area contributed by atoms with Crippen molar-refractivity contribution in [2.24, 2.45) is 5.73 Å². The predicted octanol–water partition coefficient (Wildman–Crippen LogP) is 3.63. The largest absolute Gasteiger partial charge is 0.351 e. The molecule has 3 N–H and O–H groups in total. The summed E-state index contributed by atoms with van der Waals surface area (Å²) in [5, 5.41) is 3.72. The molecule has 21 heavy (non-hydrogen) atoms. The minimum Gasteiger partial charge on any atom is -0.351 e. The van der Waals surface area contributed by atoms with Gasteiger partial charge in [-0.3, -0.25) is 4.79 Å². The Kier molecular flexibility index (Phi) is 11.9. The Balaban J connectivity index is 0.00000400. The first-order valence-electron chi connectivity index (χ1n) is 6.97. The highest BCUT2D eigenvalue weighted by Gasteiger charge is 2.10. The van der Waals surface area contributed by atoms with Crippen LogP contribution in [0.15, 0.2) is 24.3 Å². The summed E-state index contributed by atoms with van der Waals surface area (Å²) in [6.45, 7) is 2.64. The van der Waals surface area contributed by atoms with E-state index in [0.717, 1.165) is 35.6 Å². The van der Waals surface area contributed by atoms with E-state index in [1.807, 2.05) is 24.3 Å². The van der Waals surface area contributed by atoms with E-state index in [-0.39, 0.29) is 24.4 Å². The molecule has 1 amide bonds. The molecule has 0 bridgehead atoms. The number of carbonyl (C=O) groups is 1. The van der Waals surface area contributed by atoms with Gasteiger partial charge in [0.25, 0.3) is 0 Å².